The lowest BCUT2D eigenvalue weighted by atomic mass is 9.92. The highest BCUT2D eigenvalue weighted by atomic mass is 32.2. The lowest BCUT2D eigenvalue weighted by Gasteiger charge is -2.34. The van der Waals surface area contributed by atoms with Crippen LogP contribution in [0.3, 0.4) is 0 Å². The molecule has 0 unspecified atom stereocenters. The minimum Gasteiger partial charge on any atom is -0.351 e. The summed E-state index contributed by atoms with van der Waals surface area (Å²) in [4.78, 5) is 14.4. The fourth-order valence-corrected chi connectivity index (χ4v) is 3.78. The topological polar surface area (TPSA) is 92.5 Å². The normalized spacial score (nSPS) is 22.7. The predicted molar refractivity (Wildman–Crippen MR) is 89.5 cm³/mol. The summed E-state index contributed by atoms with van der Waals surface area (Å²) in [6.45, 7) is 7.95. The van der Waals surface area contributed by atoms with Gasteiger partial charge in [-0.1, -0.05) is 19.9 Å². The second-order valence-corrected chi connectivity index (χ2v) is 8.10. The molecule has 0 spiro atoms. The van der Waals surface area contributed by atoms with E-state index in [1.54, 1.807) is 6.07 Å². The number of carbonyl (C=O) groups is 1. The van der Waals surface area contributed by atoms with Crippen molar-refractivity contribution in [2.45, 2.75) is 25.2 Å². The minimum atomic E-state index is -3.80. The molecule has 1 saturated heterocycles. The van der Waals surface area contributed by atoms with Gasteiger partial charge in [-0.25, -0.2) is 13.6 Å². The monoisotopic (exact) mass is 339 g/mol. The van der Waals surface area contributed by atoms with E-state index in [1.807, 2.05) is 0 Å². The van der Waals surface area contributed by atoms with Gasteiger partial charge in [0.25, 0.3) is 5.91 Å². The van der Waals surface area contributed by atoms with E-state index in [2.05, 4.69) is 24.1 Å². The molecule has 0 saturated carbocycles. The van der Waals surface area contributed by atoms with E-state index < -0.39 is 10.0 Å². The number of nitrogens with two attached hydrogens (primary N) is 1. The number of hydrogen-bond donors (Lipinski definition) is 2. The van der Waals surface area contributed by atoms with E-state index in [0.717, 1.165) is 19.6 Å². The minimum absolute atomic E-state index is 0.0520. The van der Waals surface area contributed by atoms with Crippen LogP contribution in [0.1, 0.15) is 30.6 Å². The number of rotatable bonds is 5. The van der Waals surface area contributed by atoms with Gasteiger partial charge in [-0.2, -0.15) is 0 Å². The van der Waals surface area contributed by atoms with Crippen molar-refractivity contribution in [3.05, 3.63) is 29.8 Å². The first-order valence-electron chi connectivity index (χ1n) is 7.89. The summed E-state index contributed by atoms with van der Waals surface area (Å²) in [5, 5.41) is 7.92. The van der Waals surface area contributed by atoms with Crippen LogP contribution in [0.15, 0.2) is 29.2 Å². The first-order valence-corrected chi connectivity index (χ1v) is 9.43. The van der Waals surface area contributed by atoms with Crippen LogP contribution in [0.4, 0.5) is 0 Å². The van der Waals surface area contributed by atoms with Gasteiger partial charge in [-0.15, -0.1) is 0 Å². The number of piperidine rings is 1. The van der Waals surface area contributed by atoms with Crippen LogP contribution in [-0.2, 0) is 10.0 Å². The van der Waals surface area contributed by atoms with Gasteiger partial charge in [-0.05, 0) is 36.5 Å². The lowest BCUT2D eigenvalue weighted by Crippen LogP contribution is -2.42. The molecule has 1 aliphatic heterocycles. The number of nitrogens with zero attached hydrogens (tertiary/aromatic N) is 1. The highest BCUT2D eigenvalue weighted by Crippen LogP contribution is 2.20. The Kier molecular flexibility index (Phi) is 5.78. The van der Waals surface area contributed by atoms with Gasteiger partial charge in [0.15, 0.2) is 0 Å². The van der Waals surface area contributed by atoms with Crippen LogP contribution in [0, 0.1) is 11.8 Å². The third kappa shape index (κ3) is 5.30. The molecule has 0 bridgehead atoms. The molecule has 128 valence electrons. The molecule has 0 radical (unpaired) electrons. The van der Waals surface area contributed by atoms with Crippen LogP contribution >= 0.6 is 0 Å². The second kappa shape index (κ2) is 7.42. The maximum absolute atomic E-state index is 12.1. The Labute approximate surface area is 138 Å². The molecule has 1 heterocycles. The number of likely N-dealkylation sites (tertiary alicyclic amines) is 1. The molecule has 1 aromatic carbocycles. The summed E-state index contributed by atoms with van der Waals surface area (Å²) >= 11 is 0. The third-order valence-corrected chi connectivity index (χ3v) is 4.99. The predicted octanol–water partition coefficient (Wildman–Crippen LogP) is 1.04. The van der Waals surface area contributed by atoms with Gasteiger partial charge in [0.1, 0.15) is 0 Å². The largest absolute Gasteiger partial charge is 0.351 e. The van der Waals surface area contributed by atoms with Gasteiger partial charge in [0, 0.05) is 31.7 Å². The van der Waals surface area contributed by atoms with E-state index in [9.17, 15) is 13.2 Å². The summed E-state index contributed by atoms with van der Waals surface area (Å²) in [5.41, 5.74) is 0.303. The van der Waals surface area contributed by atoms with Crippen molar-refractivity contribution in [1.82, 2.24) is 10.2 Å². The van der Waals surface area contributed by atoms with E-state index in [-0.39, 0.29) is 10.8 Å². The molecule has 2 atom stereocenters. The zero-order chi connectivity index (χ0) is 17.0. The summed E-state index contributed by atoms with van der Waals surface area (Å²) in [6.07, 6.45) is 1.25. The fourth-order valence-electron chi connectivity index (χ4n) is 3.22. The van der Waals surface area contributed by atoms with Crippen LogP contribution in [-0.4, -0.2) is 45.4 Å². The van der Waals surface area contributed by atoms with Gasteiger partial charge in [0.2, 0.25) is 10.0 Å². The molecule has 2 rings (SSSR count). The van der Waals surface area contributed by atoms with E-state index in [1.165, 1.54) is 24.6 Å². The number of primary sulfonamides is 1. The van der Waals surface area contributed by atoms with Gasteiger partial charge in [0.05, 0.1) is 4.90 Å². The average Bonchev–Trinajstić information content (AvgIpc) is 2.45. The van der Waals surface area contributed by atoms with E-state index >= 15 is 0 Å². The molecule has 23 heavy (non-hydrogen) atoms. The Morgan fingerprint density at radius 1 is 1.30 bits per heavy atom. The summed E-state index contributed by atoms with van der Waals surface area (Å²) in [7, 11) is -3.80. The number of nitrogens with one attached hydrogen (secondary N) is 1. The third-order valence-electron chi connectivity index (χ3n) is 4.08. The lowest BCUT2D eigenvalue weighted by molar-refractivity contribution is 0.0936. The van der Waals surface area contributed by atoms with Crippen molar-refractivity contribution in [3.8, 4) is 0 Å². The van der Waals surface area contributed by atoms with Crippen molar-refractivity contribution in [2.75, 3.05) is 26.2 Å². The number of carbonyl (C=O) groups excluding carboxylic acids is 1. The number of hydrogen-bond acceptors (Lipinski definition) is 4. The highest BCUT2D eigenvalue weighted by Gasteiger charge is 2.21. The molecule has 3 N–H and O–H groups in total. The van der Waals surface area contributed by atoms with Crippen LogP contribution in [0.25, 0.3) is 0 Å². The summed E-state index contributed by atoms with van der Waals surface area (Å²) in [5.74, 6) is 1.08. The van der Waals surface area contributed by atoms with Crippen LogP contribution in [0.5, 0.6) is 0 Å². The van der Waals surface area contributed by atoms with E-state index in [4.69, 9.17) is 5.14 Å². The Balaban J connectivity index is 1.88. The molecule has 1 aliphatic rings. The van der Waals surface area contributed by atoms with Gasteiger partial charge < -0.3 is 10.2 Å². The zero-order valence-electron chi connectivity index (χ0n) is 13.7. The number of benzene rings is 1. The van der Waals surface area contributed by atoms with Crippen molar-refractivity contribution in [3.63, 3.8) is 0 Å². The number of sulfonamides is 1. The van der Waals surface area contributed by atoms with Crippen molar-refractivity contribution >= 4 is 15.9 Å². The van der Waals surface area contributed by atoms with Gasteiger partial charge in [-0.3, -0.25) is 4.79 Å². The average molecular weight is 339 g/mol. The molecule has 1 fully saturated rings. The SMILES string of the molecule is C[C@@H]1C[C@H](C)CN(CCNC(=O)c2cccc(S(N)(=O)=O)c2)C1. The number of amides is 1. The molecule has 6 nitrogen and oxygen atoms in total. The highest BCUT2D eigenvalue weighted by molar-refractivity contribution is 7.89. The Hall–Kier alpha value is -1.44. The molecular formula is C16H25N3O3S. The van der Waals surface area contributed by atoms with Gasteiger partial charge >= 0.3 is 0 Å². The van der Waals surface area contributed by atoms with E-state index in [0.29, 0.717) is 23.9 Å². The van der Waals surface area contributed by atoms with Crippen molar-refractivity contribution in [2.24, 2.45) is 17.0 Å². The molecule has 1 amide bonds. The Bertz CT molecular complexity index is 650. The van der Waals surface area contributed by atoms with Crippen molar-refractivity contribution in [1.29, 1.82) is 0 Å². The standard InChI is InChI=1S/C16H25N3O3S/c1-12-8-13(2)11-19(10-12)7-6-18-16(20)14-4-3-5-15(9-14)23(17,21)22/h3-5,9,12-13H,6-8,10-11H2,1-2H3,(H,18,20)(H2,17,21,22)/t12-,13+. The smallest absolute Gasteiger partial charge is 0.251 e. The maximum atomic E-state index is 12.1. The summed E-state index contributed by atoms with van der Waals surface area (Å²) < 4.78 is 22.7. The molecule has 7 heteroatoms. The molecule has 0 aromatic heterocycles. The molecule has 0 aliphatic carbocycles. The molecule has 1 aromatic rings. The molecular weight excluding hydrogens is 314 g/mol. The first kappa shape index (κ1) is 17.9. The maximum Gasteiger partial charge on any atom is 0.251 e. The fraction of sp³-hybridized carbons (Fsp3) is 0.562. The zero-order valence-corrected chi connectivity index (χ0v) is 14.5. The van der Waals surface area contributed by atoms with Crippen LogP contribution < -0.4 is 10.5 Å². The quantitative estimate of drug-likeness (QED) is 0.838. The summed E-state index contributed by atoms with van der Waals surface area (Å²) in [6, 6.07) is 5.77. The Morgan fingerprint density at radius 3 is 2.57 bits per heavy atom. The first-order chi connectivity index (χ1) is 10.8. The Morgan fingerprint density at radius 2 is 1.96 bits per heavy atom. The second-order valence-electron chi connectivity index (χ2n) is 6.53. The van der Waals surface area contributed by atoms with Crippen LogP contribution in [0.2, 0.25) is 0 Å². The van der Waals surface area contributed by atoms with Crippen molar-refractivity contribution < 1.29 is 13.2 Å².